The summed E-state index contributed by atoms with van der Waals surface area (Å²) in [6.45, 7) is 12.6. The van der Waals surface area contributed by atoms with Gasteiger partial charge in [-0.15, -0.1) is 0 Å². The number of rotatable bonds is 3. The second kappa shape index (κ2) is 5.87. The van der Waals surface area contributed by atoms with Crippen molar-refractivity contribution in [1.82, 2.24) is 0 Å². The summed E-state index contributed by atoms with van der Waals surface area (Å²) in [6.07, 6.45) is 0.810. The molecule has 1 atom stereocenters. The summed E-state index contributed by atoms with van der Waals surface area (Å²) >= 11 is 0. The monoisotopic (exact) mass is 296 g/mol. The largest absolute Gasteiger partial charge is 0.299 e. The van der Waals surface area contributed by atoms with Gasteiger partial charge in [0.05, 0.1) is 0 Å². The predicted molar refractivity (Wildman–Crippen MR) is 95.1 cm³/mol. The molecule has 0 bridgehead atoms. The van der Waals surface area contributed by atoms with Crippen LogP contribution in [-0.4, -0.2) is 5.78 Å². The van der Waals surface area contributed by atoms with Crippen molar-refractivity contribution in [3.63, 3.8) is 0 Å². The lowest BCUT2D eigenvalue weighted by Gasteiger charge is -2.34. The highest BCUT2D eigenvalue weighted by molar-refractivity contribution is 5.87. The first-order valence-electron chi connectivity index (χ1n) is 8.11. The molecule has 22 heavy (non-hydrogen) atoms. The van der Waals surface area contributed by atoms with E-state index in [1.165, 1.54) is 16.3 Å². The van der Waals surface area contributed by atoms with Gasteiger partial charge in [0, 0.05) is 11.3 Å². The molecule has 0 aliphatic heterocycles. The number of fused-ring (bicyclic) bond motifs is 1. The Hall–Kier alpha value is -1.63. The molecule has 118 valence electrons. The smallest absolute Gasteiger partial charge is 0.142 e. The van der Waals surface area contributed by atoms with Gasteiger partial charge in [0.1, 0.15) is 5.78 Å². The summed E-state index contributed by atoms with van der Waals surface area (Å²) in [4.78, 5) is 12.9. The van der Waals surface area contributed by atoms with Crippen LogP contribution in [-0.2, 0) is 11.2 Å². The Kier molecular flexibility index (Phi) is 4.47. The second-order valence-corrected chi connectivity index (χ2v) is 8.42. The minimum absolute atomic E-state index is 0.0317. The molecular weight excluding hydrogens is 268 g/mol. The van der Waals surface area contributed by atoms with Crippen LogP contribution in [0.5, 0.6) is 0 Å². The van der Waals surface area contributed by atoms with Crippen LogP contribution < -0.4 is 0 Å². The van der Waals surface area contributed by atoms with Crippen molar-refractivity contribution in [3.8, 4) is 0 Å². The zero-order valence-corrected chi connectivity index (χ0v) is 14.7. The summed E-state index contributed by atoms with van der Waals surface area (Å²) in [7, 11) is 0. The van der Waals surface area contributed by atoms with Gasteiger partial charge in [-0.1, -0.05) is 84.0 Å². The summed E-state index contributed by atoms with van der Waals surface area (Å²) in [5, 5.41) is 2.50. The van der Waals surface area contributed by atoms with Crippen molar-refractivity contribution >= 4 is 16.6 Å². The molecule has 0 amide bonds. The highest BCUT2D eigenvalue weighted by Gasteiger charge is 2.37. The molecule has 0 aliphatic carbocycles. The molecule has 2 rings (SSSR count). The molecule has 2 aromatic rings. The van der Waals surface area contributed by atoms with E-state index < -0.39 is 0 Å². The van der Waals surface area contributed by atoms with Crippen LogP contribution in [0, 0.1) is 16.7 Å². The highest BCUT2D eigenvalue weighted by Crippen LogP contribution is 2.35. The maximum Gasteiger partial charge on any atom is 0.142 e. The fraction of sp³-hybridized carbons (Fsp3) is 0.476. The molecule has 0 saturated heterocycles. The van der Waals surface area contributed by atoms with Crippen molar-refractivity contribution in [3.05, 3.63) is 48.0 Å². The first-order chi connectivity index (χ1) is 10.1. The third-order valence-corrected chi connectivity index (χ3v) is 4.35. The molecule has 0 spiro atoms. The fourth-order valence-electron chi connectivity index (χ4n) is 2.92. The highest BCUT2D eigenvalue weighted by atomic mass is 16.1. The van der Waals surface area contributed by atoms with Crippen LogP contribution in [0.1, 0.15) is 47.1 Å². The standard InChI is InChI=1S/C21H28O/c1-20(2,3)18(19(22)21(4,5)6)14-15-11-12-16-9-7-8-10-17(16)13-15/h7-13,18H,14H2,1-6H3/t18-/m1/s1. The molecule has 1 nitrogen and oxygen atoms in total. The van der Waals surface area contributed by atoms with Crippen molar-refractivity contribution in [2.75, 3.05) is 0 Å². The van der Waals surface area contributed by atoms with Crippen molar-refractivity contribution in [2.24, 2.45) is 16.7 Å². The number of hydrogen-bond acceptors (Lipinski definition) is 1. The van der Waals surface area contributed by atoms with Gasteiger partial charge in [-0.25, -0.2) is 0 Å². The Labute approximate surface area is 134 Å². The minimum Gasteiger partial charge on any atom is -0.299 e. The Morgan fingerprint density at radius 3 is 2.05 bits per heavy atom. The quantitative estimate of drug-likeness (QED) is 0.714. The number of Topliss-reactive ketones (excluding diaryl/α,β-unsaturated/α-hetero) is 1. The lowest BCUT2D eigenvalue weighted by molar-refractivity contribution is -0.133. The van der Waals surface area contributed by atoms with E-state index in [-0.39, 0.29) is 16.7 Å². The molecule has 0 aromatic heterocycles. The summed E-state index contributed by atoms with van der Waals surface area (Å²) in [5.41, 5.74) is 0.918. The van der Waals surface area contributed by atoms with Gasteiger partial charge < -0.3 is 0 Å². The van der Waals surface area contributed by atoms with Crippen LogP contribution in [0.25, 0.3) is 10.8 Å². The Morgan fingerprint density at radius 2 is 1.50 bits per heavy atom. The Bertz CT molecular complexity index is 668. The van der Waals surface area contributed by atoms with Gasteiger partial charge in [-0.05, 0) is 28.2 Å². The zero-order valence-electron chi connectivity index (χ0n) is 14.7. The normalized spacial score (nSPS) is 14.1. The number of carbonyl (C=O) groups excluding carboxylic acids is 1. The first kappa shape index (κ1) is 16.7. The summed E-state index contributed by atoms with van der Waals surface area (Å²) in [5.74, 6) is 0.391. The summed E-state index contributed by atoms with van der Waals surface area (Å²) < 4.78 is 0. The van der Waals surface area contributed by atoms with Crippen LogP contribution >= 0.6 is 0 Å². The maximum atomic E-state index is 12.9. The first-order valence-corrected chi connectivity index (χ1v) is 8.11. The molecule has 0 saturated carbocycles. The number of carbonyl (C=O) groups is 1. The fourth-order valence-corrected chi connectivity index (χ4v) is 2.92. The van der Waals surface area contributed by atoms with E-state index in [9.17, 15) is 4.79 Å². The van der Waals surface area contributed by atoms with E-state index >= 15 is 0 Å². The molecule has 0 aliphatic rings. The van der Waals surface area contributed by atoms with E-state index in [2.05, 4.69) is 63.2 Å². The number of benzene rings is 2. The molecule has 0 N–H and O–H groups in total. The van der Waals surface area contributed by atoms with Gasteiger partial charge in [0.2, 0.25) is 0 Å². The van der Waals surface area contributed by atoms with E-state index in [4.69, 9.17) is 0 Å². The van der Waals surface area contributed by atoms with E-state index in [0.717, 1.165) is 6.42 Å². The van der Waals surface area contributed by atoms with Gasteiger partial charge in [0.25, 0.3) is 0 Å². The van der Waals surface area contributed by atoms with E-state index in [1.54, 1.807) is 0 Å². The van der Waals surface area contributed by atoms with Crippen molar-refractivity contribution in [2.45, 2.75) is 48.0 Å². The third-order valence-electron chi connectivity index (χ3n) is 4.35. The van der Waals surface area contributed by atoms with Gasteiger partial charge in [-0.2, -0.15) is 0 Å². The van der Waals surface area contributed by atoms with Gasteiger partial charge in [0.15, 0.2) is 0 Å². The van der Waals surface area contributed by atoms with Crippen LogP contribution in [0.2, 0.25) is 0 Å². The van der Waals surface area contributed by atoms with E-state index in [1.807, 2.05) is 20.8 Å². The minimum atomic E-state index is -0.297. The third kappa shape index (κ3) is 3.76. The predicted octanol–water partition coefficient (Wildman–Crippen LogP) is 5.66. The number of hydrogen-bond donors (Lipinski definition) is 0. The van der Waals surface area contributed by atoms with Gasteiger partial charge in [-0.3, -0.25) is 4.79 Å². The average molecular weight is 296 g/mol. The second-order valence-electron chi connectivity index (χ2n) is 8.42. The lowest BCUT2D eigenvalue weighted by Crippen LogP contribution is -2.37. The molecule has 0 heterocycles. The van der Waals surface area contributed by atoms with Crippen LogP contribution in [0.3, 0.4) is 0 Å². The summed E-state index contributed by atoms with van der Waals surface area (Å²) in [6, 6.07) is 14.9. The topological polar surface area (TPSA) is 17.1 Å². The average Bonchev–Trinajstić information content (AvgIpc) is 2.41. The van der Waals surface area contributed by atoms with E-state index in [0.29, 0.717) is 5.78 Å². The maximum absolute atomic E-state index is 12.9. The molecule has 0 radical (unpaired) electrons. The van der Waals surface area contributed by atoms with Gasteiger partial charge >= 0.3 is 0 Å². The lowest BCUT2D eigenvalue weighted by atomic mass is 9.69. The van der Waals surface area contributed by atoms with Crippen LogP contribution in [0.4, 0.5) is 0 Å². The molecule has 2 aromatic carbocycles. The molecular formula is C21H28O. The molecule has 1 heteroatoms. The SMILES string of the molecule is CC(C)(C)C(=O)[C@@H](Cc1ccc2ccccc2c1)C(C)(C)C. The number of ketones is 1. The molecule has 0 unspecified atom stereocenters. The molecule has 0 fully saturated rings. The van der Waals surface area contributed by atoms with Crippen LogP contribution in [0.15, 0.2) is 42.5 Å². The Morgan fingerprint density at radius 1 is 0.909 bits per heavy atom. The Balaban J connectivity index is 2.35. The zero-order chi connectivity index (χ0) is 16.5. The van der Waals surface area contributed by atoms with Crippen molar-refractivity contribution in [1.29, 1.82) is 0 Å². The van der Waals surface area contributed by atoms with Crippen molar-refractivity contribution < 1.29 is 4.79 Å².